The summed E-state index contributed by atoms with van der Waals surface area (Å²) in [6.45, 7) is 3.56. The SMILES string of the molecule is Cc1nc(-c2c[nH]c(=O)[nH]c2=O)c2c(n1)[C@@]1(c3ccc(F)cc3)CC(=CO)C(=O)[C@@H](C)[C@@H]1CC2. The van der Waals surface area contributed by atoms with E-state index in [0.29, 0.717) is 30.1 Å². The molecule has 9 heteroatoms. The molecule has 3 atom stereocenters. The van der Waals surface area contributed by atoms with Crippen molar-refractivity contribution in [3.8, 4) is 11.3 Å². The van der Waals surface area contributed by atoms with E-state index in [0.717, 1.165) is 17.4 Å². The fraction of sp³-hybridized carbons (Fsp3) is 0.320. The number of carbonyl (C=O) groups is 1. The van der Waals surface area contributed by atoms with E-state index in [9.17, 15) is 23.9 Å². The molecule has 34 heavy (non-hydrogen) atoms. The molecule has 8 nitrogen and oxygen atoms in total. The molecule has 3 N–H and O–H groups in total. The Balaban J connectivity index is 1.85. The molecule has 2 heterocycles. The molecular formula is C25H23FN4O4. The molecule has 0 unspecified atom stereocenters. The van der Waals surface area contributed by atoms with E-state index < -0.39 is 22.6 Å². The molecule has 2 aromatic heterocycles. The van der Waals surface area contributed by atoms with Crippen LogP contribution in [0.4, 0.5) is 4.39 Å². The number of aliphatic hydroxyl groups excluding tert-OH is 1. The maximum Gasteiger partial charge on any atom is 0.325 e. The minimum Gasteiger partial charge on any atom is -0.515 e. The summed E-state index contributed by atoms with van der Waals surface area (Å²) in [6, 6.07) is 6.14. The first kappa shape index (κ1) is 21.9. The maximum atomic E-state index is 13.9. The zero-order chi connectivity index (χ0) is 24.2. The highest BCUT2D eigenvalue weighted by atomic mass is 19.1. The van der Waals surface area contributed by atoms with Crippen molar-refractivity contribution in [2.24, 2.45) is 11.8 Å². The molecule has 5 rings (SSSR count). The van der Waals surface area contributed by atoms with Gasteiger partial charge in [-0.15, -0.1) is 0 Å². The number of fused-ring (bicyclic) bond motifs is 3. The van der Waals surface area contributed by atoms with E-state index in [2.05, 4.69) is 15.0 Å². The average molecular weight is 462 g/mol. The third kappa shape index (κ3) is 3.14. The summed E-state index contributed by atoms with van der Waals surface area (Å²) in [5.41, 5.74) is 1.06. The van der Waals surface area contributed by atoms with Crippen molar-refractivity contribution in [2.75, 3.05) is 0 Å². The van der Waals surface area contributed by atoms with Crippen LogP contribution in [0.15, 0.2) is 51.9 Å². The largest absolute Gasteiger partial charge is 0.515 e. The molecule has 0 bridgehead atoms. The van der Waals surface area contributed by atoms with Gasteiger partial charge in [0.05, 0.1) is 23.2 Å². The zero-order valence-electron chi connectivity index (χ0n) is 18.7. The van der Waals surface area contributed by atoms with Crippen molar-refractivity contribution < 1.29 is 14.3 Å². The van der Waals surface area contributed by atoms with E-state index in [4.69, 9.17) is 4.98 Å². The van der Waals surface area contributed by atoms with Crippen LogP contribution in [0.5, 0.6) is 0 Å². The van der Waals surface area contributed by atoms with E-state index in [1.165, 1.54) is 18.3 Å². The van der Waals surface area contributed by atoms with Crippen molar-refractivity contribution >= 4 is 5.78 Å². The number of carbonyl (C=O) groups excluding carboxylic acids is 1. The van der Waals surface area contributed by atoms with Gasteiger partial charge in [0.1, 0.15) is 11.6 Å². The third-order valence-electron chi connectivity index (χ3n) is 7.27. The highest BCUT2D eigenvalue weighted by Gasteiger charge is 2.55. The van der Waals surface area contributed by atoms with E-state index in [-0.39, 0.29) is 35.1 Å². The second-order valence-corrected chi connectivity index (χ2v) is 9.04. The van der Waals surface area contributed by atoms with Crippen LogP contribution in [-0.4, -0.2) is 30.8 Å². The summed E-state index contributed by atoms with van der Waals surface area (Å²) in [4.78, 5) is 51.3. The van der Waals surface area contributed by atoms with Gasteiger partial charge in [-0.25, -0.2) is 19.2 Å². The maximum absolute atomic E-state index is 13.9. The smallest absolute Gasteiger partial charge is 0.325 e. The van der Waals surface area contributed by atoms with E-state index in [1.807, 2.05) is 6.92 Å². The Morgan fingerprint density at radius 3 is 2.59 bits per heavy atom. The molecule has 3 aromatic rings. The Hall–Kier alpha value is -3.88. The number of hydrogen-bond donors (Lipinski definition) is 3. The average Bonchev–Trinajstić information content (AvgIpc) is 2.81. The van der Waals surface area contributed by atoms with Crippen molar-refractivity contribution in [3.05, 3.63) is 91.6 Å². The number of H-pyrrole nitrogens is 2. The Bertz CT molecular complexity index is 1460. The topological polar surface area (TPSA) is 129 Å². The molecular weight excluding hydrogens is 439 g/mol. The number of hydrogen-bond acceptors (Lipinski definition) is 6. The number of ketones is 1. The summed E-state index contributed by atoms with van der Waals surface area (Å²) < 4.78 is 13.9. The lowest BCUT2D eigenvalue weighted by Crippen LogP contribution is -2.51. The molecule has 0 radical (unpaired) electrons. The second-order valence-electron chi connectivity index (χ2n) is 9.04. The summed E-state index contributed by atoms with van der Waals surface area (Å²) in [6.07, 6.45) is 3.51. The zero-order valence-corrected chi connectivity index (χ0v) is 18.7. The Morgan fingerprint density at radius 1 is 1.18 bits per heavy atom. The van der Waals surface area contributed by atoms with Gasteiger partial charge in [-0.1, -0.05) is 19.1 Å². The monoisotopic (exact) mass is 462 g/mol. The lowest BCUT2D eigenvalue weighted by Gasteiger charge is -2.51. The number of allylic oxidation sites excluding steroid dienone is 1. The van der Waals surface area contributed by atoms with Crippen LogP contribution in [-0.2, 0) is 16.6 Å². The summed E-state index contributed by atoms with van der Waals surface area (Å²) in [7, 11) is 0. The molecule has 174 valence electrons. The van der Waals surface area contributed by atoms with E-state index in [1.54, 1.807) is 19.1 Å². The van der Waals surface area contributed by atoms with Gasteiger partial charge in [-0.3, -0.25) is 14.6 Å². The Morgan fingerprint density at radius 2 is 1.91 bits per heavy atom. The highest BCUT2D eigenvalue weighted by molar-refractivity contribution is 5.98. The van der Waals surface area contributed by atoms with Crippen LogP contribution >= 0.6 is 0 Å². The molecule has 1 saturated carbocycles. The molecule has 1 fully saturated rings. The number of aromatic nitrogens is 4. The second kappa shape index (κ2) is 7.86. The van der Waals surface area contributed by atoms with Crippen LogP contribution in [0.25, 0.3) is 11.3 Å². The molecule has 0 saturated heterocycles. The van der Waals surface area contributed by atoms with Crippen molar-refractivity contribution in [2.45, 2.75) is 38.5 Å². The molecule has 2 aliphatic carbocycles. The van der Waals surface area contributed by atoms with Gasteiger partial charge in [-0.05, 0) is 49.8 Å². The number of halogens is 1. The van der Waals surface area contributed by atoms with Gasteiger partial charge in [-0.2, -0.15) is 0 Å². The first-order chi connectivity index (χ1) is 16.3. The quantitative estimate of drug-likeness (QED) is 0.397. The Labute approximate surface area is 193 Å². The summed E-state index contributed by atoms with van der Waals surface area (Å²) in [5.74, 6) is -0.638. The first-order valence-electron chi connectivity index (χ1n) is 11.1. The van der Waals surface area contributed by atoms with Gasteiger partial charge >= 0.3 is 5.69 Å². The van der Waals surface area contributed by atoms with Gasteiger partial charge in [0.2, 0.25) is 0 Å². The lowest BCUT2D eigenvalue weighted by molar-refractivity contribution is -0.123. The summed E-state index contributed by atoms with van der Waals surface area (Å²) in [5, 5.41) is 9.92. The predicted molar refractivity (Wildman–Crippen MR) is 122 cm³/mol. The number of Topliss-reactive ketones (excluding diaryl/α,β-unsaturated/α-hetero) is 1. The predicted octanol–water partition coefficient (Wildman–Crippen LogP) is 2.87. The number of aromatic amines is 2. The molecule has 0 spiro atoms. The summed E-state index contributed by atoms with van der Waals surface area (Å²) >= 11 is 0. The number of nitrogens with zero attached hydrogens (tertiary/aromatic N) is 2. The molecule has 0 aliphatic heterocycles. The minimum atomic E-state index is -0.833. The molecule has 0 amide bonds. The molecule has 1 aromatic carbocycles. The minimum absolute atomic E-state index is 0.114. The van der Waals surface area contributed by atoms with Crippen LogP contribution in [0, 0.1) is 24.6 Å². The fourth-order valence-corrected chi connectivity index (χ4v) is 5.80. The van der Waals surface area contributed by atoms with Gasteiger partial charge in [0, 0.05) is 28.7 Å². The van der Waals surface area contributed by atoms with E-state index >= 15 is 0 Å². The highest BCUT2D eigenvalue weighted by Crippen LogP contribution is 2.56. The van der Waals surface area contributed by atoms with Crippen LogP contribution < -0.4 is 11.2 Å². The molecule has 2 aliphatic rings. The number of benzene rings is 1. The normalized spacial score (nSPS) is 25.1. The Kier molecular flexibility index (Phi) is 5.07. The number of aliphatic hydroxyl groups is 1. The lowest BCUT2D eigenvalue weighted by atomic mass is 9.52. The van der Waals surface area contributed by atoms with Crippen molar-refractivity contribution in [3.63, 3.8) is 0 Å². The van der Waals surface area contributed by atoms with Crippen LogP contribution in [0.2, 0.25) is 0 Å². The van der Waals surface area contributed by atoms with Gasteiger partial charge < -0.3 is 10.1 Å². The standard InChI is InChI=1S/C25H23FN4O4/c1-12-19-8-7-17-20(18-10-27-24(34)30-23(18)33)28-13(2)29-22(17)25(19,9-14(11-31)21(12)32)15-3-5-16(26)6-4-15/h3-6,10-12,19,31H,7-9H2,1-2H3,(H2,27,30,33,34)/t12-,19-,25+/m0/s1. The van der Waals surface area contributed by atoms with Crippen molar-refractivity contribution in [1.29, 1.82) is 0 Å². The number of aryl methyl sites for hydroxylation is 1. The number of nitrogens with one attached hydrogen (secondary N) is 2. The van der Waals surface area contributed by atoms with Crippen LogP contribution in [0.3, 0.4) is 0 Å². The number of rotatable bonds is 2. The van der Waals surface area contributed by atoms with Crippen molar-refractivity contribution in [1.82, 2.24) is 19.9 Å². The third-order valence-corrected chi connectivity index (χ3v) is 7.27. The van der Waals surface area contributed by atoms with Crippen LogP contribution in [0.1, 0.15) is 42.4 Å². The van der Waals surface area contributed by atoms with Gasteiger partial charge in [0.15, 0.2) is 5.78 Å². The fourth-order valence-electron chi connectivity index (χ4n) is 5.80. The first-order valence-corrected chi connectivity index (χ1v) is 11.1. The van der Waals surface area contributed by atoms with Gasteiger partial charge in [0.25, 0.3) is 5.56 Å².